The van der Waals surface area contributed by atoms with Crippen LogP contribution in [0.15, 0.2) is 77.7 Å². The molecular formula is C24H20ClN3O4. The number of pyridine rings is 1. The van der Waals surface area contributed by atoms with E-state index in [0.29, 0.717) is 33.6 Å². The third-order valence-electron chi connectivity index (χ3n) is 4.56. The van der Waals surface area contributed by atoms with E-state index in [1.54, 1.807) is 54.7 Å². The summed E-state index contributed by atoms with van der Waals surface area (Å²) in [6, 6.07) is 18.9. The predicted octanol–water partition coefficient (Wildman–Crippen LogP) is 4.25. The quantitative estimate of drug-likeness (QED) is 0.456. The number of halogens is 1. The summed E-state index contributed by atoms with van der Waals surface area (Å²) in [5.41, 5.74) is 2.49. The number of aromatic nitrogens is 2. The molecule has 8 heteroatoms. The number of nitrogens with one attached hydrogen (secondary N) is 1. The van der Waals surface area contributed by atoms with Crippen LogP contribution in [0.1, 0.15) is 11.3 Å². The van der Waals surface area contributed by atoms with E-state index < -0.39 is 0 Å². The van der Waals surface area contributed by atoms with Crippen LogP contribution in [0, 0.1) is 6.92 Å². The number of hydrogen-bond acceptors (Lipinski definition) is 5. The highest BCUT2D eigenvalue weighted by atomic mass is 35.5. The second-order valence-electron chi connectivity index (χ2n) is 7.13. The predicted molar refractivity (Wildman–Crippen MR) is 123 cm³/mol. The van der Waals surface area contributed by atoms with Crippen molar-refractivity contribution in [3.8, 4) is 11.5 Å². The first-order valence-electron chi connectivity index (χ1n) is 9.86. The monoisotopic (exact) mass is 449 g/mol. The minimum atomic E-state index is -0.309. The smallest absolute Gasteiger partial charge is 0.262 e. The van der Waals surface area contributed by atoms with Gasteiger partial charge in [0, 0.05) is 29.0 Å². The highest BCUT2D eigenvalue weighted by Gasteiger charge is 2.07. The fourth-order valence-corrected chi connectivity index (χ4v) is 3.15. The Labute approximate surface area is 189 Å². The van der Waals surface area contributed by atoms with Gasteiger partial charge in [-0.3, -0.25) is 14.0 Å². The van der Waals surface area contributed by atoms with Gasteiger partial charge in [-0.15, -0.1) is 0 Å². The van der Waals surface area contributed by atoms with Crippen molar-refractivity contribution in [1.82, 2.24) is 9.38 Å². The number of ether oxygens (including phenoxy) is 2. The maximum absolute atomic E-state index is 12.3. The highest BCUT2D eigenvalue weighted by Crippen LogP contribution is 2.19. The lowest BCUT2D eigenvalue weighted by atomic mass is 10.3. The standard InChI is InChI=1S/C24H20ClN3O4/c1-16-9-10-28-22(11-16)26-19(13-24(28)30)14-31-21-4-2-3-18(12-21)27-23(29)15-32-20-7-5-17(25)6-8-20/h2-13H,14-15H2,1H3,(H,27,29). The van der Waals surface area contributed by atoms with Crippen LogP contribution in [-0.4, -0.2) is 21.9 Å². The lowest BCUT2D eigenvalue weighted by molar-refractivity contribution is -0.118. The van der Waals surface area contributed by atoms with Crippen LogP contribution in [-0.2, 0) is 11.4 Å². The summed E-state index contributed by atoms with van der Waals surface area (Å²) < 4.78 is 12.7. The van der Waals surface area contributed by atoms with Crippen molar-refractivity contribution in [2.75, 3.05) is 11.9 Å². The van der Waals surface area contributed by atoms with E-state index in [4.69, 9.17) is 21.1 Å². The molecule has 1 amide bonds. The Morgan fingerprint density at radius 1 is 1.03 bits per heavy atom. The first kappa shape index (κ1) is 21.4. The zero-order valence-electron chi connectivity index (χ0n) is 17.2. The molecule has 2 heterocycles. The van der Waals surface area contributed by atoms with Gasteiger partial charge in [0.1, 0.15) is 23.8 Å². The Kier molecular flexibility index (Phi) is 6.37. The SMILES string of the molecule is Cc1ccn2c(=O)cc(COc3cccc(NC(=O)COc4ccc(Cl)cc4)c3)nc2c1. The molecule has 0 fully saturated rings. The molecule has 0 atom stereocenters. The molecule has 2 aromatic heterocycles. The van der Waals surface area contributed by atoms with Crippen LogP contribution < -0.4 is 20.3 Å². The molecule has 4 rings (SSSR count). The normalized spacial score (nSPS) is 10.7. The lowest BCUT2D eigenvalue weighted by Crippen LogP contribution is -2.20. The summed E-state index contributed by atoms with van der Waals surface area (Å²) in [5, 5.41) is 3.36. The summed E-state index contributed by atoms with van der Waals surface area (Å²) in [6.07, 6.45) is 1.70. The molecule has 0 bridgehead atoms. The summed E-state index contributed by atoms with van der Waals surface area (Å²) in [4.78, 5) is 28.9. The van der Waals surface area contributed by atoms with Crippen molar-refractivity contribution in [2.45, 2.75) is 13.5 Å². The van der Waals surface area contributed by atoms with Crippen molar-refractivity contribution in [3.05, 3.63) is 99.6 Å². The van der Waals surface area contributed by atoms with Crippen LogP contribution in [0.5, 0.6) is 11.5 Å². The summed E-state index contributed by atoms with van der Waals surface area (Å²) in [6.45, 7) is 1.92. The zero-order valence-corrected chi connectivity index (χ0v) is 18.0. The average molecular weight is 450 g/mol. The van der Waals surface area contributed by atoms with Crippen LogP contribution in [0.4, 0.5) is 5.69 Å². The second kappa shape index (κ2) is 9.53. The third-order valence-corrected chi connectivity index (χ3v) is 4.82. The van der Waals surface area contributed by atoms with E-state index in [2.05, 4.69) is 10.3 Å². The molecule has 162 valence electrons. The Hall–Kier alpha value is -3.84. The minimum Gasteiger partial charge on any atom is -0.487 e. The highest BCUT2D eigenvalue weighted by molar-refractivity contribution is 6.30. The fourth-order valence-electron chi connectivity index (χ4n) is 3.03. The van der Waals surface area contributed by atoms with Crippen molar-refractivity contribution in [3.63, 3.8) is 0 Å². The minimum absolute atomic E-state index is 0.122. The molecule has 0 aliphatic rings. The van der Waals surface area contributed by atoms with E-state index >= 15 is 0 Å². The molecule has 7 nitrogen and oxygen atoms in total. The number of anilines is 1. The zero-order chi connectivity index (χ0) is 22.5. The summed E-state index contributed by atoms with van der Waals surface area (Å²) in [7, 11) is 0. The number of hydrogen-bond donors (Lipinski definition) is 1. The first-order valence-corrected chi connectivity index (χ1v) is 10.2. The van der Waals surface area contributed by atoms with Crippen LogP contribution in [0.2, 0.25) is 5.02 Å². The summed E-state index contributed by atoms with van der Waals surface area (Å²) in [5.74, 6) is 0.778. The molecule has 0 aliphatic heterocycles. The van der Waals surface area contributed by atoms with Gasteiger partial charge >= 0.3 is 0 Å². The largest absolute Gasteiger partial charge is 0.487 e. The van der Waals surface area contributed by atoms with Gasteiger partial charge in [0.15, 0.2) is 6.61 Å². The van der Waals surface area contributed by atoms with Gasteiger partial charge in [-0.25, -0.2) is 4.98 Å². The number of carbonyl (C=O) groups is 1. The number of benzene rings is 2. The average Bonchev–Trinajstić information content (AvgIpc) is 2.77. The topological polar surface area (TPSA) is 81.9 Å². The number of amides is 1. The molecular weight excluding hydrogens is 430 g/mol. The molecule has 0 spiro atoms. The van der Waals surface area contributed by atoms with E-state index in [1.165, 1.54) is 10.5 Å². The maximum Gasteiger partial charge on any atom is 0.262 e. The van der Waals surface area contributed by atoms with E-state index in [9.17, 15) is 9.59 Å². The Morgan fingerprint density at radius 3 is 2.66 bits per heavy atom. The van der Waals surface area contributed by atoms with Crippen molar-refractivity contribution >= 4 is 28.8 Å². The van der Waals surface area contributed by atoms with E-state index in [-0.39, 0.29) is 24.7 Å². The molecule has 4 aromatic rings. The van der Waals surface area contributed by atoms with Gasteiger partial charge in [0.2, 0.25) is 0 Å². The van der Waals surface area contributed by atoms with Crippen molar-refractivity contribution < 1.29 is 14.3 Å². The van der Waals surface area contributed by atoms with Gasteiger partial charge in [0.25, 0.3) is 11.5 Å². The van der Waals surface area contributed by atoms with Gasteiger partial charge in [-0.1, -0.05) is 17.7 Å². The second-order valence-corrected chi connectivity index (χ2v) is 7.56. The number of rotatable bonds is 7. The van der Waals surface area contributed by atoms with Crippen molar-refractivity contribution in [1.29, 1.82) is 0 Å². The molecule has 0 radical (unpaired) electrons. The van der Waals surface area contributed by atoms with Crippen LogP contribution in [0.3, 0.4) is 0 Å². The molecule has 2 aromatic carbocycles. The van der Waals surface area contributed by atoms with Crippen LogP contribution in [0.25, 0.3) is 5.65 Å². The van der Waals surface area contributed by atoms with Gasteiger partial charge in [-0.05, 0) is 61.0 Å². The van der Waals surface area contributed by atoms with Gasteiger partial charge in [0.05, 0.1) is 5.69 Å². The third kappa shape index (κ3) is 5.44. The van der Waals surface area contributed by atoms with E-state index in [1.807, 2.05) is 19.1 Å². The molecule has 1 N–H and O–H groups in total. The molecule has 0 aliphatic carbocycles. The van der Waals surface area contributed by atoms with Crippen molar-refractivity contribution in [2.24, 2.45) is 0 Å². The van der Waals surface area contributed by atoms with Gasteiger partial charge in [-0.2, -0.15) is 0 Å². The fraction of sp³-hybridized carbons (Fsp3) is 0.125. The molecule has 0 saturated carbocycles. The van der Waals surface area contributed by atoms with Crippen LogP contribution >= 0.6 is 11.6 Å². The van der Waals surface area contributed by atoms with E-state index in [0.717, 1.165) is 5.56 Å². The summed E-state index contributed by atoms with van der Waals surface area (Å²) >= 11 is 5.83. The molecule has 32 heavy (non-hydrogen) atoms. The van der Waals surface area contributed by atoms with Gasteiger partial charge < -0.3 is 14.8 Å². The number of fused-ring (bicyclic) bond motifs is 1. The number of carbonyl (C=O) groups excluding carboxylic acids is 1. The first-order chi connectivity index (χ1) is 15.5. The molecule has 0 saturated heterocycles. The molecule has 0 unspecified atom stereocenters. The number of aryl methyl sites for hydroxylation is 1. The number of nitrogens with zero attached hydrogens (tertiary/aromatic N) is 2. The lowest BCUT2D eigenvalue weighted by Gasteiger charge is -2.10. The Balaban J connectivity index is 1.36. The maximum atomic E-state index is 12.3. The Morgan fingerprint density at radius 2 is 1.84 bits per heavy atom. The Bertz CT molecular complexity index is 1320.